The lowest BCUT2D eigenvalue weighted by Crippen LogP contribution is -2.19. The van der Waals surface area contributed by atoms with E-state index in [0.717, 1.165) is 17.0 Å². The zero-order chi connectivity index (χ0) is 18.0. The van der Waals surface area contributed by atoms with Crippen LogP contribution in [0, 0.1) is 0 Å². The minimum absolute atomic E-state index is 0.160. The molecule has 130 valence electrons. The molecule has 1 aliphatic heterocycles. The molecule has 0 unspecified atom stereocenters. The van der Waals surface area contributed by atoms with Crippen molar-refractivity contribution in [3.8, 4) is 0 Å². The number of alkyl halides is 3. The van der Waals surface area contributed by atoms with Gasteiger partial charge in [-0.2, -0.15) is 13.2 Å². The molecule has 0 saturated heterocycles. The third-order valence-corrected chi connectivity index (χ3v) is 4.55. The molecule has 4 nitrogen and oxygen atoms in total. The first-order valence-electron chi connectivity index (χ1n) is 7.23. The predicted octanol–water partition coefficient (Wildman–Crippen LogP) is 4.11. The molecule has 25 heavy (non-hydrogen) atoms. The number of ether oxygens (including phenoxy) is 1. The van der Waals surface area contributed by atoms with E-state index in [2.05, 4.69) is 5.32 Å². The highest BCUT2D eigenvalue weighted by molar-refractivity contribution is 8.00. The van der Waals surface area contributed by atoms with E-state index in [0.29, 0.717) is 11.4 Å². The van der Waals surface area contributed by atoms with Crippen LogP contribution >= 0.6 is 11.8 Å². The molecule has 0 fully saturated rings. The average molecular weight is 367 g/mol. The van der Waals surface area contributed by atoms with Crippen molar-refractivity contribution in [3.63, 3.8) is 0 Å². The monoisotopic (exact) mass is 367 g/mol. The Labute approximate surface area is 145 Å². The first-order chi connectivity index (χ1) is 11.8. The minimum Gasteiger partial charge on any atom is -0.457 e. The summed E-state index contributed by atoms with van der Waals surface area (Å²) in [5.74, 6) is -0.524. The van der Waals surface area contributed by atoms with Gasteiger partial charge in [0.1, 0.15) is 6.61 Å². The summed E-state index contributed by atoms with van der Waals surface area (Å²) in [4.78, 5) is 24.3. The number of thioether (sulfide) groups is 1. The van der Waals surface area contributed by atoms with Crippen LogP contribution in [0.25, 0.3) is 0 Å². The highest BCUT2D eigenvalue weighted by Gasteiger charge is 2.30. The van der Waals surface area contributed by atoms with E-state index in [1.807, 2.05) is 0 Å². The predicted molar refractivity (Wildman–Crippen MR) is 86.4 cm³/mol. The largest absolute Gasteiger partial charge is 0.457 e. The molecule has 0 aromatic heterocycles. The van der Waals surface area contributed by atoms with E-state index in [9.17, 15) is 22.8 Å². The van der Waals surface area contributed by atoms with Crippen LogP contribution in [-0.4, -0.2) is 17.6 Å². The van der Waals surface area contributed by atoms with E-state index in [1.54, 1.807) is 12.1 Å². The Morgan fingerprint density at radius 2 is 2.00 bits per heavy atom. The molecule has 1 heterocycles. The molecule has 1 aliphatic rings. The Bertz CT molecular complexity index is 836. The summed E-state index contributed by atoms with van der Waals surface area (Å²) >= 11 is 1.36. The molecule has 2 aromatic rings. The van der Waals surface area contributed by atoms with Crippen LogP contribution in [0.2, 0.25) is 0 Å². The third-order valence-electron chi connectivity index (χ3n) is 3.47. The maximum atomic E-state index is 12.7. The second-order valence-corrected chi connectivity index (χ2v) is 6.34. The van der Waals surface area contributed by atoms with Crippen molar-refractivity contribution in [2.45, 2.75) is 17.7 Å². The van der Waals surface area contributed by atoms with Gasteiger partial charge in [-0.15, -0.1) is 11.8 Å². The van der Waals surface area contributed by atoms with Crippen molar-refractivity contribution in [1.82, 2.24) is 0 Å². The Morgan fingerprint density at radius 3 is 2.76 bits per heavy atom. The number of esters is 1. The smallest absolute Gasteiger partial charge is 0.416 e. The van der Waals surface area contributed by atoms with Crippen molar-refractivity contribution < 1.29 is 27.5 Å². The number of rotatable bonds is 3. The number of carbonyl (C=O) groups is 2. The average Bonchev–Trinajstić information content (AvgIpc) is 2.58. The maximum Gasteiger partial charge on any atom is 0.416 e. The Morgan fingerprint density at radius 1 is 1.20 bits per heavy atom. The molecule has 0 bridgehead atoms. The standard InChI is InChI=1S/C17H12F3NO3S/c18-17(19,20)12-3-1-2-10(6-12)8-24-16(23)11-4-5-14-13(7-11)21-15(22)9-25-14/h1-7H,8-9H2,(H,21,22). The first kappa shape index (κ1) is 17.3. The number of fused-ring (bicyclic) bond motifs is 1. The van der Waals surface area contributed by atoms with Crippen LogP contribution in [0.4, 0.5) is 18.9 Å². The molecule has 0 saturated carbocycles. The molecular formula is C17H12F3NO3S. The van der Waals surface area contributed by atoms with Gasteiger partial charge in [-0.3, -0.25) is 4.79 Å². The van der Waals surface area contributed by atoms with Crippen LogP contribution in [0.1, 0.15) is 21.5 Å². The van der Waals surface area contributed by atoms with Gasteiger partial charge in [0.05, 0.1) is 22.6 Å². The van der Waals surface area contributed by atoms with Gasteiger partial charge in [-0.05, 0) is 35.9 Å². The van der Waals surface area contributed by atoms with Crippen molar-refractivity contribution in [1.29, 1.82) is 0 Å². The van der Waals surface area contributed by atoms with E-state index in [1.165, 1.54) is 30.0 Å². The fourth-order valence-corrected chi connectivity index (χ4v) is 3.07. The molecule has 0 aliphatic carbocycles. The lowest BCUT2D eigenvalue weighted by Gasteiger charge is -2.16. The Hall–Kier alpha value is -2.48. The summed E-state index contributed by atoms with van der Waals surface area (Å²) in [6.45, 7) is -0.277. The van der Waals surface area contributed by atoms with Gasteiger partial charge in [0.15, 0.2) is 0 Å². The summed E-state index contributed by atoms with van der Waals surface area (Å²) in [5.41, 5.74) is 0.183. The fourth-order valence-electron chi connectivity index (χ4n) is 2.28. The van der Waals surface area contributed by atoms with Gasteiger partial charge in [0.2, 0.25) is 5.91 Å². The van der Waals surface area contributed by atoms with Crippen LogP contribution in [0.5, 0.6) is 0 Å². The molecule has 8 heteroatoms. The van der Waals surface area contributed by atoms with Gasteiger partial charge in [-0.25, -0.2) is 4.79 Å². The Balaban J connectivity index is 1.69. The van der Waals surface area contributed by atoms with Crippen molar-refractivity contribution in [3.05, 3.63) is 59.2 Å². The molecule has 2 aromatic carbocycles. The number of carbonyl (C=O) groups excluding carboxylic acids is 2. The summed E-state index contributed by atoms with van der Waals surface area (Å²) < 4.78 is 43.1. The minimum atomic E-state index is -4.45. The topological polar surface area (TPSA) is 55.4 Å². The second-order valence-electron chi connectivity index (χ2n) is 5.32. The SMILES string of the molecule is O=C1CSc2ccc(C(=O)OCc3cccc(C(F)(F)F)c3)cc2N1. The van der Waals surface area contributed by atoms with Gasteiger partial charge in [-0.1, -0.05) is 12.1 Å². The normalized spacial score (nSPS) is 13.8. The number of hydrogen-bond donors (Lipinski definition) is 1. The van der Waals surface area contributed by atoms with Gasteiger partial charge < -0.3 is 10.1 Å². The Kier molecular flexibility index (Phi) is 4.71. The summed E-state index contributed by atoms with van der Waals surface area (Å²) in [5, 5.41) is 2.66. The van der Waals surface area contributed by atoms with E-state index < -0.39 is 17.7 Å². The number of hydrogen-bond acceptors (Lipinski definition) is 4. The highest BCUT2D eigenvalue weighted by atomic mass is 32.2. The lowest BCUT2D eigenvalue weighted by molar-refractivity contribution is -0.137. The van der Waals surface area contributed by atoms with Crippen molar-refractivity contribution in [2.24, 2.45) is 0 Å². The van der Waals surface area contributed by atoms with E-state index in [4.69, 9.17) is 4.74 Å². The zero-order valence-electron chi connectivity index (χ0n) is 12.7. The molecule has 3 rings (SSSR count). The maximum absolute atomic E-state index is 12.7. The molecule has 1 N–H and O–H groups in total. The number of nitrogens with one attached hydrogen (secondary N) is 1. The van der Waals surface area contributed by atoms with Crippen molar-refractivity contribution >= 4 is 29.3 Å². The third kappa shape index (κ3) is 4.14. The second kappa shape index (κ2) is 6.79. The molecule has 0 spiro atoms. The van der Waals surface area contributed by atoms with Crippen molar-refractivity contribution in [2.75, 3.05) is 11.1 Å². The summed E-state index contributed by atoms with van der Waals surface area (Å²) in [7, 11) is 0. The van der Waals surface area contributed by atoms with E-state index in [-0.39, 0.29) is 23.6 Å². The molecule has 1 amide bonds. The fraction of sp³-hybridized carbons (Fsp3) is 0.176. The van der Waals surface area contributed by atoms with Crippen LogP contribution in [0.15, 0.2) is 47.4 Å². The molecular weight excluding hydrogens is 355 g/mol. The lowest BCUT2D eigenvalue weighted by atomic mass is 10.1. The first-order valence-corrected chi connectivity index (χ1v) is 8.21. The summed E-state index contributed by atoms with van der Waals surface area (Å²) in [6, 6.07) is 9.35. The van der Waals surface area contributed by atoms with Crippen LogP contribution in [-0.2, 0) is 22.3 Å². The molecule has 0 radical (unpaired) electrons. The van der Waals surface area contributed by atoms with Gasteiger partial charge in [0, 0.05) is 4.90 Å². The number of halogens is 3. The van der Waals surface area contributed by atoms with Crippen LogP contribution in [0.3, 0.4) is 0 Å². The number of amides is 1. The quantitative estimate of drug-likeness (QED) is 0.830. The van der Waals surface area contributed by atoms with Gasteiger partial charge in [0.25, 0.3) is 0 Å². The molecule has 0 atom stereocenters. The van der Waals surface area contributed by atoms with Gasteiger partial charge >= 0.3 is 12.1 Å². The van der Waals surface area contributed by atoms with E-state index >= 15 is 0 Å². The zero-order valence-corrected chi connectivity index (χ0v) is 13.5. The highest BCUT2D eigenvalue weighted by Crippen LogP contribution is 2.32. The van der Waals surface area contributed by atoms with Crippen LogP contribution < -0.4 is 5.32 Å². The number of anilines is 1. The summed E-state index contributed by atoms with van der Waals surface area (Å²) in [6.07, 6.45) is -4.45. The number of benzene rings is 2.